The normalized spacial score (nSPS) is 14.5. The van der Waals surface area contributed by atoms with Crippen molar-refractivity contribution in [2.24, 2.45) is 0 Å². The minimum absolute atomic E-state index is 0.403. The molecule has 0 aliphatic carbocycles. The lowest BCUT2D eigenvalue weighted by Crippen LogP contribution is -2.30. The first-order chi connectivity index (χ1) is 5.89. The molecule has 1 unspecified atom stereocenters. The number of rotatable bonds is 2. The molecule has 1 aromatic rings. The maximum atomic E-state index is 11.9. The fourth-order valence-corrected chi connectivity index (χ4v) is 1.71. The monoisotopic (exact) mass is 230 g/mol. The maximum Gasteiger partial charge on any atom is 0.414 e. The zero-order valence-electron chi connectivity index (χ0n) is 6.31. The van der Waals surface area contributed by atoms with Crippen molar-refractivity contribution in [2.45, 2.75) is 18.7 Å². The van der Waals surface area contributed by atoms with Gasteiger partial charge in [0.05, 0.1) is 4.34 Å². The number of thiophene rings is 1. The number of hydrogen-bond donors (Lipinski definition) is 1. The maximum absolute atomic E-state index is 11.9. The number of hydrogen-bond acceptors (Lipinski definition) is 2. The molecule has 0 spiro atoms. The Balaban J connectivity index is 2.60. The van der Waals surface area contributed by atoms with Gasteiger partial charge in [0.2, 0.25) is 0 Å². The molecule has 0 aliphatic rings. The molecule has 0 radical (unpaired) electrons. The van der Waals surface area contributed by atoms with E-state index in [-0.39, 0.29) is 0 Å². The van der Waals surface area contributed by atoms with E-state index in [2.05, 4.69) is 0 Å². The van der Waals surface area contributed by atoms with Crippen molar-refractivity contribution in [2.75, 3.05) is 0 Å². The first-order valence-electron chi connectivity index (χ1n) is 3.37. The number of alkyl halides is 3. The Morgan fingerprint density at radius 2 is 2.15 bits per heavy atom. The van der Waals surface area contributed by atoms with Crippen LogP contribution < -0.4 is 0 Å². The van der Waals surface area contributed by atoms with Crippen LogP contribution in [-0.2, 0) is 6.42 Å². The summed E-state index contributed by atoms with van der Waals surface area (Å²) in [5.41, 5.74) is 0.403. The van der Waals surface area contributed by atoms with Crippen molar-refractivity contribution >= 4 is 22.9 Å². The molecule has 0 bridgehead atoms. The minimum Gasteiger partial charge on any atom is -0.383 e. The first-order valence-corrected chi connectivity index (χ1v) is 4.63. The van der Waals surface area contributed by atoms with Crippen molar-refractivity contribution in [1.82, 2.24) is 0 Å². The molecular formula is C7H6ClF3OS. The van der Waals surface area contributed by atoms with Gasteiger partial charge in [-0.3, -0.25) is 0 Å². The van der Waals surface area contributed by atoms with Crippen molar-refractivity contribution in [3.8, 4) is 0 Å². The number of aliphatic hydroxyl groups excluding tert-OH is 1. The molecule has 1 aromatic heterocycles. The summed E-state index contributed by atoms with van der Waals surface area (Å²) >= 11 is 6.66. The van der Waals surface area contributed by atoms with Gasteiger partial charge in [-0.05, 0) is 17.0 Å². The lowest BCUT2D eigenvalue weighted by atomic mass is 10.1. The summed E-state index contributed by atoms with van der Waals surface area (Å²) in [6.45, 7) is 0. The van der Waals surface area contributed by atoms with Crippen molar-refractivity contribution in [3.05, 3.63) is 21.3 Å². The van der Waals surface area contributed by atoms with Crippen LogP contribution in [0.5, 0.6) is 0 Å². The van der Waals surface area contributed by atoms with Crippen LogP contribution in [0, 0.1) is 0 Å². The highest BCUT2D eigenvalue weighted by molar-refractivity contribution is 7.14. The minimum atomic E-state index is -4.56. The Morgan fingerprint density at radius 3 is 2.54 bits per heavy atom. The second kappa shape index (κ2) is 3.86. The standard InChI is InChI=1S/C7H6ClF3OS/c8-6-2-4(3-13-6)1-5(12)7(9,10)11/h2-3,5,12H,1H2. The summed E-state index contributed by atoms with van der Waals surface area (Å²) in [4.78, 5) is 0. The van der Waals surface area contributed by atoms with Gasteiger partial charge in [0.1, 0.15) is 0 Å². The summed E-state index contributed by atoms with van der Waals surface area (Å²) in [5, 5.41) is 10.2. The van der Waals surface area contributed by atoms with E-state index >= 15 is 0 Å². The van der Waals surface area contributed by atoms with Crippen LogP contribution in [0.1, 0.15) is 5.56 Å². The SMILES string of the molecule is OC(Cc1csc(Cl)c1)C(F)(F)F. The van der Waals surface area contributed by atoms with Gasteiger partial charge in [-0.25, -0.2) is 0 Å². The molecule has 0 aromatic carbocycles. The molecular weight excluding hydrogens is 225 g/mol. The fourth-order valence-electron chi connectivity index (χ4n) is 0.792. The van der Waals surface area contributed by atoms with Crippen LogP contribution in [0.15, 0.2) is 11.4 Å². The van der Waals surface area contributed by atoms with Crippen LogP contribution >= 0.6 is 22.9 Å². The summed E-state index contributed by atoms with van der Waals surface area (Å²) in [5.74, 6) is 0. The average Bonchev–Trinajstić information content (AvgIpc) is 2.33. The molecule has 0 amide bonds. The molecule has 1 atom stereocenters. The summed E-state index contributed by atoms with van der Waals surface area (Å²) in [6, 6.07) is 1.42. The highest BCUT2D eigenvalue weighted by Gasteiger charge is 2.38. The molecule has 6 heteroatoms. The summed E-state index contributed by atoms with van der Waals surface area (Å²) in [7, 11) is 0. The van der Waals surface area contributed by atoms with Gasteiger partial charge < -0.3 is 5.11 Å². The topological polar surface area (TPSA) is 20.2 Å². The van der Waals surface area contributed by atoms with Gasteiger partial charge in [0.25, 0.3) is 0 Å². The fraction of sp³-hybridized carbons (Fsp3) is 0.429. The Morgan fingerprint density at radius 1 is 1.54 bits per heavy atom. The smallest absolute Gasteiger partial charge is 0.383 e. The Labute approximate surface area is 81.8 Å². The molecule has 1 nitrogen and oxygen atoms in total. The van der Waals surface area contributed by atoms with Crippen LogP contribution in [0.3, 0.4) is 0 Å². The molecule has 0 fully saturated rings. The third-order valence-electron chi connectivity index (χ3n) is 1.43. The van der Waals surface area contributed by atoms with E-state index in [1.807, 2.05) is 0 Å². The van der Waals surface area contributed by atoms with Crippen molar-refractivity contribution in [3.63, 3.8) is 0 Å². The third kappa shape index (κ3) is 3.17. The Kier molecular flexibility index (Phi) is 3.21. The summed E-state index contributed by atoms with van der Waals surface area (Å²) in [6.07, 6.45) is -7.31. The average molecular weight is 231 g/mol. The number of halogens is 4. The van der Waals surface area contributed by atoms with Crippen LogP contribution in [0.2, 0.25) is 4.34 Å². The molecule has 1 heterocycles. The second-order valence-corrected chi connectivity index (χ2v) is 4.06. The van der Waals surface area contributed by atoms with Crippen molar-refractivity contribution < 1.29 is 18.3 Å². The molecule has 1 N–H and O–H groups in total. The van der Waals surface area contributed by atoms with Gasteiger partial charge in [0.15, 0.2) is 6.10 Å². The van der Waals surface area contributed by atoms with E-state index in [1.54, 1.807) is 0 Å². The van der Waals surface area contributed by atoms with Crippen LogP contribution in [-0.4, -0.2) is 17.4 Å². The molecule has 74 valence electrons. The summed E-state index contributed by atoms with van der Waals surface area (Å²) < 4.78 is 36.0. The Bertz CT molecular complexity index is 284. The highest BCUT2D eigenvalue weighted by atomic mass is 35.5. The highest BCUT2D eigenvalue weighted by Crippen LogP contribution is 2.26. The van der Waals surface area contributed by atoms with E-state index in [4.69, 9.17) is 16.7 Å². The van der Waals surface area contributed by atoms with E-state index < -0.39 is 18.7 Å². The first kappa shape index (κ1) is 10.8. The molecule has 0 saturated carbocycles. The van der Waals surface area contributed by atoms with Gasteiger partial charge >= 0.3 is 6.18 Å². The molecule has 1 rings (SSSR count). The predicted molar refractivity (Wildman–Crippen MR) is 45.1 cm³/mol. The number of aliphatic hydroxyl groups is 1. The van der Waals surface area contributed by atoms with E-state index in [9.17, 15) is 13.2 Å². The van der Waals surface area contributed by atoms with E-state index in [1.165, 1.54) is 11.4 Å². The third-order valence-corrected chi connectivity index (χ3v) is 2.57. The molecule has 13 heavy (non-hydrogen) atoms. The predicted octanol–water partition coefficient (Wildman–Crippen LogP) is 2.87. The van der Waals surface area contributed by atoms with Crippen molar-refractivity contribution in [1.29, 1.82) is 0 Å². The van der Waals surface area contributed by atoms with E-state index in [0.717, 1.165) is 11.3 Å². The largest absolute Gasteiger partial charge is 0.414 e. The Hall–Kier alpha value is -0.260. The van der Waals surface area contributed by atoms with Gasteiger partial charge in [0, 0.05) is 6.42 Å². The lowest BCUT2D eigenvalue weighted by molar-refractivity contribution is -0.203. The van der Waals surface area contributed by atoms with Crippen LogP contribution in [0.4, 0.5) is 13.2 Å². The zero-order valence-corrected chi connectivity index (χ0v) is 7.88. The lowest BCUT2D eigenvalue weighted by Gasteiger charge is -2.12. The van der Waals surface area contributed by atoms with Gasteiger partial charge in [-0.1, -0.05) is 11.6 Å². The van der Waals surface area contributed by atoms with Crippen LogP contribution in [0.25, 0.3) is 0 Å². The van der Waals surface area contributed by atoms with E-state index in [0.29, 0.717) is 9.90 Å². The van der Waals surface area contributed by atoms with Gasteiger partial charge in [-0.15, -0.1) is 11.3 Å². The molecule has 0 aliphatic heterocycles. The zero-order chi connectivity index (χ0) is 10.1. The molecule has 0 saturated heterocycles. The quantitative estimate of drug-likeness (QED) is 0.828. The van der Waals surface area contributed by atoms with Gasteiger partial charge in [-0.2, -0.15) is 13.2 Å². The second-order valence-electron chi connectivity index (χ2n) is 2.52.